The predicted octanol–water partition coefficient (Wildman–Crippen LogP) is 4.90. The van der Waals surface area contributed by atoms with E-state index in [1.54, 1.807) is 6.92 Å². The fraction of sp³-hybridized carbons (Fsp3) is 0.250. The summed E-state index contributed by atoms with van der Waals surface area (Å²) in [5.41, 5.74) is 3.27. The molecule has 2 rings (SSSR count). The lowest BCUT2D eigenvalue weighted by Gasteiger charge is -2.21. The van der Waals surface area contributed by atoms with E-state index in [4.69, 9.17) is 0 Å². The third-order valence-corrected chi connectivity index (χ3v) is 4.36. The van der Waals surface area contributed by atoms with E-state index in [-0.39, 0.29) is 0 Å². The Kier molecular flexibility index (Phi) is 5.24. The van der Waals surface area contributed by atoms with Crippen molar-refractivity contribution in [2.24, 2.45) is 0 Å². The average molecular weight is 399 g/mol. The summed E-state index contributed by atoms with van der Waals surface area (Å²) in [7, 11) is 2.06. The fourth-order valence-electron chi connectivity index (χ4n) is 2.09. The maximum Gasteiger partial charge on any atom is 0.0772 e. The van der Waals surface area contributed by atoms with Gasteiger partial charge < -0.3 is 10.0 Å². The van der Waals surface area contributed by atoms with Crippen LogP contribution in [0.25, 0.3) is 0 Å². The maximum atomic E-state index is 9.65. The van der Waals surface area contributed by atoms with Crippen LogP contribution in [0.15, 0.2) is 51.4 Å². The minimum absolute atomic E-state index is 0.464. The van der Waals surface area contributed by atoms with Crippen molar-refractivity contribution >= 4 is 37.5 Å². The van der Waals surface area contributed by atoms with Gasteiger partial charge in [0.1, 0.15) is 0 Å². The van der Waals surface area contributed by atoms with Gasteiger partial charge in [-0.1, -0.05) is 50.1 Å². The third-order valence-electron chi connectivity index (χ3n) is 3.18. The van der Waals surface area contributed by atoms with Crippen LogP contribution in [-0.4, -0.2) is 12.2 Å². The molecule has 0 aliphatic rings. The van der Waals surface area contributed by atoms with Gasteiger partial charge in [-0.2, -0.15) is 0 Å². The summed E-state index contributed by atoms with van der Waals surface area (Å²) in [6, 6.07) is 14.3. The van der Waals surface area contributed by atoms with Gasteiger partial charge in [0.25, 0.3) is 0 Å². The highest BCUT2D eigenvalue weighted by Crippen LogP contribution is 2.28. The molecule has 0 saturated carbocycles. The van der Waals surface area contributed by atoms with Crippen molar-refractivity contribution < 1.29 is 5.11 Å². The molecular weight excluding hydrogens is 382 g/mol. The van der Waals surface area contributed by atoms with Crippen LogP contribution in [0.5, 0.6) is 0 Å². The first-order chi connectivity index (χ1) is 9.47. The van der Waals surface area contributed by atoms with Crippen LogP contribution in [0, 0.1) is 0 Å². The Balaban J connectivity index is 2.17. The van der Waals surface area contributed by atoms with E-state index in [1.165, 1.54) is 5.56 Å². The van der Waals surface area contributed by atoms with Gasteiger partial charge >= 0.3 is 0 Å². The topological polar surface area (TPSA) is 23.5 Å². The second-order valence-corrected chi connectivity index (χ2v) is 6.64. The molecule has 0 aliphatic carbocycles. The minimum atomic E-state index is -0.464. The van der Waals surface area contributed by atoms with Gasteiger partial charge in [0.2, 0.25) is 0 Å². The molecule has 0 aromatic heterocycles. The largest absolute Gasteiger partial charge is 0.389 e. The van der Waals surface area contributed by atoms with Gasteiger partial charge in [-0.3, -0.25) is 0 Å². The van der Waals surface area contributed by atoms with Gasteiger partial charge in [-0.15, -0.1) is 0 Å². The predicted molar refractivity (Wildman–Crippen MR) is 91.0 cm³/mol. The standard InChI is InChI=1S/C16H17Br2NO/c1-11(20)15-7-6-14(9-16(15)18)19(2)10-12-4-3-5-13(17)8-12/h3-9,11,20H,10H2,1-2H3. The lowest BCUT2D eigenvalue weighted by Crippen LogP contribution is -2.16. The van der Waals surface area contributed by atoms with Gasteiger partial charge in [-0.25, -0.2) is 0 Å². The molecule has 0 saturated heterocycles. The van der Waals surface area contributed by atoms with Crippen LogP contribution in [-0.2, 0) is 6.54 Å². The van der Waals surface area contributed by atoms with Crippen LogP contribution in [0.4, 0.5) is 5.69 Å². The molecule has 1 N–H and O–H groups in total. The summed E-state index contributed by atoms with van der Waals surface area (Å²) in [6.45, 7) is 2.60. The molecular formula is C16H17Br2NO. The van der Waals surface area contributed by atoms with Crippen molar-refractivity contribution in [2.45, 2.75) is 19.6 Å². The highest BCUT2D eigenvalue weighted by atomic mass is 79.9. The maximum absolute atomic E-state index is 9.65. The number of hydrogen-bond donors (Lipinski definition) is 1. The fourth-order valence-corrected chi connectivity index (χ4v) is 3.24. The summed E-state index contributed by atoms with van der Waals surface area (Å²) in [5.74, 6) is 0. The Labute approximate surface area is 136 Å². The first-order valence-corrected chi connectivity index (χ1v) is 7.99. The van der Waals surface area contributed by atoms with Crippen LogP contribution in [0.1, 0.15) is 24.2 Å². The molecule has 2 nitrogen and oxygen atoms in total. The molecule has 0 aliphatic heterocycles. The molecule has 4 heteroatoms. The summed E-state index contributed by atoms with van der Waals surface area (Å²) in [6.07, 6.45) is -0.464. The van der Waals surface area contributed by atoms with Gasteiger partial charge in [0.15, 0.2) is 0 Å². The molecule has 0 spiro atoms. The summed E-state index contributed by atoms with van der Waals surface area (Å²) < 4.78 is 2.03. The lowest BCUT2D eigenvalue weighted by atomic mass is 10.1. The summed E-state index contributed by atoms with van der Waals surface area (Å²) in [5, 5.41) is 9.65. The highest BCUT2D eigenvalue weighted by Gasteiger charge is 2.09. The van der Waals surface area contributed by atoms with E-state index in [0.29, 0.717) is 0 Å². The van der Waals surface area contributed by atoms with Crippen LogP contribution in [0.3, 0.4) is 0 Å². The first-order valence-electron chi connectivity index (χ1n) is 6.40. The Morgan fingerprint density at radius 3 is 2.50 bits per heavy atom. The van der Waals surface area contributed by atoms with Crippen molar-refractivity contribution in [2.75, 3.05) is 11.9 Å². The zero-order chi connectivity index (χ0) is 14.7. The Morgan fingerprint density at radius 1 is 1.15 bits per heavy atom. The second-order valence-electron chi connectivity index (χ2n) is 4.87. The molecule has 0 amide bonds. The van der Waals surface area contributed by atoms with Crippen molar-refractivity contribution in [1.82, 2.24) is 0 Å². The Morgan fingerprint density at radius 2 is 1.90 bits per heavy atom. The lowest BCUT2D eigenvalue weighted by molar-refractivity contribution is 0.198. The molecule has 0 radical (unpaired) electrons. The highest BCUT2D eigenvalue weighted by molar-refractivity contribution is 9.10. The van der Waals surface area contributed by atoms with Crippen molar-refractivity contribution in [3.63, 3.8) is 0 Å². The smallest absolute Gasteiger partial charge is 0.0772 e. The number of hydrogen-bond acceptors (Lipinski definition) is 2. The number of benzene rings is 2. The van der Waals surface area contributed by atoms with Crippen molar-refractivity contribution in [3.05, 3.63) is 62.5 Å². The second kappa shape index (κ2) is 6.74. The molecule has 0 bridgehead atoms. The first kappa shape index (κ1) is 15.5. The molecule has 1 atom stereocenters. The van der Waals surface area contributed by atoms with E-state index in [2.05, 4.69) is 55.9 Å². The van der Waals surface area contributed by atoms with Crippen LogP contribution < -0.4 is 4.90 Å². The van der Waals surface area contributed by atoms with Gasteiger partial charge in [0.05, 0.1) is 6.10 Å². The minimum Gasteiger partial charge on any atom is -0.389 e. The van der Waals surface area contributed by atoms with E-state index < -0.39 is 6.10 Å². The van der Waals surface area contributed by atoms with E-state index in [0.717, 1.165) is 26.7 Å². The van der Waals surface area contributed by atoms with Gasteiger partial charge in [0, 0.05) is 28.2 Å². The summed E-state index contributed by atoms with van der Waals surface area (Å²) >= 11 is 7.01. The number of halogens is 2. The SMILES string of the molecule is CC(O)c1ccc(N(C)Cc2cccc(Br)c2)cc1Br. The molecule has 0 heterocycles. The molecule has 2 aromatic rings. The molecule has 0 fully saturated rings. The van der Waals surface area contributed by atoms with E-state index in [1.807, 2.05) is 30.3 Å². The number of anilines is 1. The average Bonchev–Trinajstić information content (AvgIpc) is 2.38. The summed E-state index contributed by atoms with van der Waals surface area (Å²) in [4.78, 5) is 2.18. The number of aliphatic hydroxyl groups excluding tert-OH is 1. The molecule has 2 aromatic carbocycles. The zero-order valence-electron chi connectivity index (χ0n) is 11.5. The monoisotopic (exact) mass is 397 g/mol. The van der Waals surface area contributed by atoms with Crippen LogP contribution in [0.2, 0.25) is 0 Å². The third kappa shape index (κ3) is 3.84. The molecule has 1 unspecified atom stereocenters. The zero-order valence-corrected chi connectivity index (χ0v) is 14.6. The molecule has 20 heavy (non-hydrogen) atoms. The Bertz CT molecular complexity index is 599. The number of nitrogens with zero attached hydrogens (tertiary/aromatic N) is 1. The van der Waals surface area contributed by atoms with Crippen molar-refractivity contribution in [1.29, 1.82) is 0 Å². The van der Waals surface area contributed by atoms with E-state index >= 15 is 0 Å². The normalized spacial score (nSPS) is 12.2. The quantitative estimate of drug-likeness (QED) is 0.791. The van der Waals surface area contributed by atoms with E-state index in [9.17, 15) is 5.11 Å². The number of rotatable bonds is 4. The molecule has 106 valence electrons. The number of aliphatic hydroxyl groups is 1. The Hall–Kier alpha value is -0.840. The van der Waals surface area contributed by atoms with Crippen LogP contribution >= 0.6 is 31.9 Å². The van der Waals surface area contributed by atoms with Gasteiger partial charge in [-0.05, 0) is 42.3 Å². The van der Waals surface area contributed by atoms with Crippen molar-refractivity contribution in [3.8, 4) is 0 Å².